The van der Waals surface area contributed by atoms with E-state index in [2.05, 4.69) is 34.5 Å². The van der Waals surface area contributed by atoms with Gasteiger partial charge in [-0.05, 0) is 36.6 Å². The largest absolute Gasteiger partial charge is 0.398 e. The summed E-state index contributed by atoms with van der Waals surface area (Å²) in [4.78, 5) is 14.5. The maximum absolute atomic E-state index is 12.2. The summed E-state index contributed by atoms with van der Waals surface area (Å²) in [6.45, 7) is 2.71. The third-order valence-corrected chi connectivity index (χ3v) is 4.16. The van der Waals surface area contributed by atoms with E-state index in [4.69, 9.17) is 5.73 Å². The summed E-state index contributed by atoms with van der Waals surface area (Å²) < 4.78 is 0. The molecule has 0 aliphatic carbocycles. The standard InChI is InChI=1S/C18H21N3O/c19-17-9-5-4-8-16(17)18(22)20-12-14-10-11-21(13-14)15-6-2-1-3-7-15/h1-9,14H,10-13,19H2,(H,20,22). The van der Waals surface area contributed by atoms with E-state index in [0.717, 1.165) is 19.5 Å². The Balaban J connectivity index is 1.53. The molecule has 0 spiro atoms. The Bertz CT molecular complexity index is 642. The minimum Gasteiger partial charge on any atom is -0.398 e. The van der Waals surface area contributed by atoms with E-state index in [9.17, 15) is 4.79 Å². The van der Waals surface area contributed by atoms with E-state index in [-0.39, 0.29) is 5.91 Å². The van der Waals surface area contributed by atoms with Crippen molar-refractivity contribution in [2.24, 2.45) is 5.92 Å². The molecule has 114 valence electrons. The highest BCUT2D eigenvalue weighted by Crippen LogP contribution is 2.23. The summed E-state index contributed by atoms with van der Waals surface area (Å²) in [7, 11) is 0. The SMILES string of the molecule is Nc1ccccc1C(=O)NCC1CCN(c2ccccc2)C1. The number of amides is 1. The molecule has 1 heterocycles. The molecule has 2 aromatic rings. The van der Waals surface area contributed by atoms with Gasteiger partial charge in [0.25, 0.3) is 5.91 Å². The Morgan fingerprint density at radius 1 is 1.14 bits per heavy atom. The van der Waals surface area contributed by atoms with Crippen LogP contribution in [0, 0.1) is 5.92 Å². The number of nitrogens with two attached hydrogens (primary N) is 1. The van der Waals surface area contributed by atoms with Crippen molar-refractivity contribution >= 4 is 17.3 Å². The highest BCUT2D eigenvalue weighted by Gasteiger charge is 2.23. The normalized spacial score (nSPS) is 17.5. The zero-order valence-electron chi connectivity index (χ0n) is 12.5. The van der Waals surface area contributed by atoms with Gasteiger partial charge in [-0.1, -0.05) is 30.3 Å². The van der Waals surface area contributed by atoms with Gasteiger partial charge in [0, 0.05) is 31.0 Å². The van der Waals surface area contributed by atoms with Gasteiger partial charge in [-0.25, -0.2) is 0 Å². The number of anilines is 2. The highest BCUT2D eigenvalue weighted by molar-refractivity contribution is 5.99. The predicted molar refractivity (Wildman–Crippen MR) is 89.9 cm³/mol. The van der Waals surface area contributed by atoms with Crippen molar-refractivity contribution in [3.8, 4) is 0 Å². The molecule has 4 nitrogen and oxygen atoms in total. The second kappa shape index (κ2) is 6.52. The number of nitrogens with one attached hydrogen (secondary N) is 1. The van der Waals surface area contributed by atoms with E-state index < -0.39 is 0 Å². The first kappa shape index (κ1) is 14.4. The van der Waals surface area contributed by atoms with Crippen LogP contribution in [0.25, 0.3) is 0 Å². The van der Waals surface area contributed by atoms with Crippen molar-refractivity contribution in [2.45, 2.75) is 6.42 Å². The first-order valence-electron chi connectivity index (χ1n) is 7.67. The number of benzene rings is 2. The lowest BCUT2D eigenvalue weighted by Gasteiger charge is -2.18. The topological polar surface area (TPSA) is 58.4 Å². The van der Waals surface area contributed by atoms with Crippen LogP contribution in [-0.2, 0) is 0 Å². The molecule has 1 saturated heterocycles. The molecule has 4 heteroatoms. The molecular formula is C18H21N3O. The summed E-state index contributed by atoms with van der Waals surface area (Å²) >= 11 is 0. The molecule has 1 fully saturated rings. The molecule has 22 heavy (non-hydrogen) atoms. The molecule has 3 rings (SSSR count). The van der Waals surface area contributed by atoms with Gasteiger partial charge in [0.1, 0.15) is 0 Å². The van der Waals surface area contributed by atoms with E-state index in [1.165, 1.54) is 5.69 Å². The van der Waals surface area contributed by atoms with Crippen LogP contribution < -0.4 is 16.0 Å². The Morgan fingerprint density at radius 2 is 1.86 bits per heavy atom. The van der Waals surface area contributed by atoms with Crippen LogP contribution >= 0.6 is 0 Å². The summed E-state index contributed by atoms with van der Waals surface area (Å²) in [5.74, 6) is 0.394. The number of carbonyl (C=O) groups excluding carboxylic acids is 1. The van der Waals surface area contributed by atoms with Gasteiger partial charge in [0.05, 0.1) is 5.56 Å². The summed E-state index contributed by atoms with van der Waals surface area (Å²) in [5.41, 5.74) is 8.17. The van der Waals surface area contributed by atoms with Gasteiger partial charge in [0.2, 0.25) is 0 Å². The second-order valence-electron chi connectivity index (χ2n) is 5.73. The van der Waals surface area contributed by atoms with Crippen molar-refractivity contribution in [1.29, 1.82) is 0 Å². The van der Waals surface area contributed by atoms with Crippen molar-refractivity contribution in [3.63, 3.8) is 0 Å². The van der Waals surface area contributed by atoms with Gasteiger partial charge >= 0.3 is 0 Å². The zero-order chi connectivity index (χ0) is 15.4. The molecule has 0 radical (unpaired) electrons. The van der Waals surface area contributed by atoms with Gasteiger partial charge in [-0.15, -0.1) is 0 Å². The van der Waals surface area contributed by atoms with E-state index in [1.54, 1.807) is 12.1 Å². The maximum atomic E-state index is 12.2. The summed E-state index contributed by atoms with van der Waals surface area (Å²) in [5, 5.41) is 3.01. The Kier molecular flexibility index (Phi) is 4.28. The van der Waals surface area contributed by atoms with Gasteiger partial charge in [0.15, 0.2) is 0 Å². The number of carbonyl (C=O) groups is 1. The fourth-order valence-corrected chi connectivity index (χ4v) is 2.91. The predicted octanol–water partition coefficient (Wildman–Crippen LogP) is 2.53. The second-order valence-corrected chi connectivity index (χ2v) is 5.73. The minimum atomic E-state index is -0.0868. The van der Waals surface area contributed by atoms with Gasteiger partial charge in [-0.3, -0.25) is 4.79 Å². The van der Waals surface area contributed by atoms with Crippen molar-refractivity contribution in [2.75, 3.05) is 30.3 Å². The van der Waals surface area contributed by atoms with E-state index >= 15 is 0 Å². The smallest absolute Gasteiger partial charge is 0.253 e. The number of rotatable bonds is 4. The Hall–Kier alpha value is -2.49. The van der Waals surface area contributed by atoms with Crippen LogP contribution in [0.3, 0.4) is 0 Å². The molecule has 0 aromatic heterocycles. The number of nitrogens with zero attached hydrogens (tertiary/aromatic N) is 1. The van der Waals surface area contributed by atoms with E-state index in [0.29, 0.717) is 23.7 Å². The first-order valence-corrected chi connectivity index (χ1v) is 7.67. The van der Waals surface area contributed by atoms with E-state index in [1.807, 2.05) is 18.2 Å². The molecule has 2 aromatic carbocycles. The monoisotopic (exact) mass is 295 g/mol. The maximum Gasteiger partial charge on any atom is 0.253 e. The Morgan fingerprint density at radius 3 is 2.64 bits per heavy atom. The lowest BCUT2D eigenvalue weighted by molar-refractivity contribution is 0.0949. The van der Waals surface area contributed by atoms with Crippen LogP contribution in [0.15, 0.2) is 54.6 Å². The average molecular weight is 295 g/mol. The van der Waals surface area contributed by atoms with Crippen LogP contribution in [0.5, 0.6) is 0 Å². The molecule has 0 saturated carbocycles. The van der Waals surface area contributed by atoms with Crippen LogP contribution in [0.1, 0.15) is 16.8 Å². The molecule has 1 aliphatic rings. The zero-order valence-corrected chi connectivity index (χ0v) is 12.5. The fourth-order valence-electron chi connectivity index (χ4n) is 2.91. The lowest BCUT2D eigenvalue weighted by Crippen LogP contribution is -2.31. The molecule has 3 N–H and O–H groups in total. The van der Waals surface area contributed by atoms with Gasteiger partial charge < -0.3 is 16.0 Å². The first-order chi connectivity index (χ1) is 10.7. The van der Waals surface area contributed by atoms with Crippen LogP contribution in [0.4, 0.5) is 11.4 Å². The number of hydrogen-bond donors (Lipinski definition) is 2. The Labute approximate surface area is 130 Å². The average Bonchev–Trinajstić information content (AvgIpc) is 3.03. The molecule has 1 aliphatic heterocycles. The third kappa shape index (κ3) is 3.22. The molecule has 0 bridgehead atoms. The summed E-state index contributed by atoms with van der Waals surface area (Å²) in [6, 6.07) is 17.6. The van der Waals surface area contributed by atoms with Crippen molar-refractivity contribution < 1.29 is 4.79 Å². The van der Waals surface area contributed by atoms with Crippen LogP contribution in [0.2, 0.25) is 0 Å². The lowest BCUT2D eigenvalue weighted by atomic mass is 10.1. The van der Waals surface area contributed by atoms with Gasteiger partial charge in [-0.2, -0.15) is 0 Å². The van der Waals surface area contributed by atoms with Crippen molar-refractivity contribution in [3.05, 3.63) is 60.2 Å². The highest BCUT2D eigenvalue weighted by atomic mass is 16.1. The molecule has 1 unspecified atom stereocenters. The molecule has 1 atom stereocenters. The minimum absolute atomic E-state index is 0.0868. The third-order valence-electron chi connectivity index (χ3n) is 4.16. The molecular weight excluding hydrogens is 274 g/mol. The number of hydrogen-bond acceptors (Lipinski definition) is 3. The summed E-state index contributed by atoms with van der Waals surface area (Å²) in [6.07, 6.45) is 1.10. The molecule has 1 amide bonds. The quantitative estimate of drug-likeness (QED) is 0.852. The fraction of sp³-hybridized carbons (Fsp3) is 0.278. The number of nitrogen functional groups attached to an aromatic ring is 1. The van der Waals surface area contributed by atoms with Crippen LogP contribution in [-0.4, -0.2) is 25.5 Å². The number of para-hydroxylation sites is 2. The van der Waals surface area contributed by atoms with Crippen molar-refractivity contribution in [1.82, 2.24) is 5.32 Å².